The third-order valence-electron chi connectivity index (χ3n) is 4.84. The van der Waals surface area contributed by atoms with Crippen LogP contribution in [0.1, 0.15) is 17.8 Å². The van der Waals surface area contributed by atoms with Gasteiger partial charge in [0.2, 0.25) is 6.61 Å². The molecular weight excluding hydrogens is 376 g/mol. The van der Waals surface area contributed by atoms with Crippen LogP contribution < -0.4 is 0 Å². The van der Waals surface area contributed by atoms with Crippen molar-refractivity contribution < 1.29 is 14.7 Å². The molecule has 28 heavy (non-hydrogen) atoms. The number of nitrogens with zero attached hydrogens (tertiary/aromatic N) is 2. The number of rotatable bonds is 6. The molecule has 0 fully saturated rings. The number of carboxylic acids is 1. The summed E-state index contributed by atoms with van der Waals surface area (Å²) in [5.41, 5.74) is 6.59. The molecule has 2 aromatic carbocycles. The van der Waals surface area contributed by atoms with Gasteiger partial charge in [0.05, 0.1) is 11.9 Å². The quantitative estimate of drug-likeness (QED) is 0.479. The average molecular weight is 395 g/mol. The van der Waals surface area contributed by atoms with Crippen LogP contribution in [0, 0.1) is 0 Å². The summed E-state index contributed by atoms with van der Waals surface area (Å²) in [6.07, 6.45) is 3.66. The summed E-state index contributed by atoms with van der Waals surface area (Å²) >= 11 is 6.10. The molecule has 5 nitrogen and oxygen atoms in total. The first-order chi connectivity index (χ1) is 13.6. The van der Waals surface area contributed by atoms with Gasteiger partial charge in [0.25, 0.3) is 0 Å². The summed E-state index contributed by atoms with van der Waals surface area (Å²) in [6.45, 7) is 0.426. The molecule has 6 heteroatoms. The lowest BCUT2D eigenvalue weighted by atomic mass is 9.94. The Morgan fingerprint density at radius 2 is 1.82 bits per heavy atom. The lowest BCUT2D eigenvalue weighted by Crippen LogP contribution is -2.04. The zero-order valence-electron chi connectivity index (χ0n) is 15.1. The summed E-state index contributed by atoms with van der Waals surface area (Å²) in [6, 6.07) is 18.0. The van der Waals surface area contributed by atoms with Crippen LogP contribution in [0.25, 0.3) is 22.3 Å². The molecule has 2 heterocycles. The molecule has 1 aliphatic heterocycles. The SMILES string of the molecule is O=C(O)CO/N=C/c1c(-c2ccc(Cl)cc2)c(-c2ccccc2)c2n1CCC2. The Balaban J connectivity index is 1.89. The molecule has 0 saturated heterocycles. The lowest BCUT2D eigenvalue weighted by Gasteiger charge is -2.09. The maximum atomic E-state index is 10.7. The Morgan fingerprint density at radius 3 is 2.54 bits per heavy atom. The van der Waals surface area contributed by atoms with E-state index in [2.05, 4.69) is 21.9 Å². The van der Waals surface area contributed by atoms with Gasteiger partial charge in [-0.05, 0) is 36.1 Å². The minimum Gasteiger partial charge on any atom is -0.479 e. The molecule has 0 saturated carbocycles. The zero-order chi connectivity index (χ0) is 19.5. The highest BCUT2D eigenvalue weighted by molar-refractivity contribution is 6.30. The molecule has 0 atom stereocenters. The topological polar surface area (TPSA) is 63.8 Å². The van der Waals surface area contributed by atoms with E-state index < -0.39 is 12.6 Å². The highest BCUT2D eigenvalue weighted by Crippen LogP contribution is 2.42. The first-order valence-electron chi connectivity index (χ1n) is 9.09. The van der Waals surface area contributed by atoms with Crippen molar-refractivity contribution in [3.63, 3.8) is 0 Å². The highest BCUT2D eigenvalue weighted by atomic mass is 35.5. The third kappa shape index (κ3) is 3.53. The van der Waals surface area contributed by atoms with Crippen LogP contribution in [0.15, 0.2) is 59.8 Å². The number of aliphatic carboxylic acids is 1. The number of hydrogen-bond donors (Lipinski definition) is 1. The molecule has 4 rings (SSSR count). The summed E-state index contributed by atoms with van der Waals surface area (Å²) < 4.78 is 2.25. The smallest absolute Gasteiger partial charge is 0.344 e. The van der Waals surface area contributed by atoms with Crippen molar-refractivity contribution in [2.45, 2.75) is 19.4 Å². The maximum Gasteiger partial charge on any atom is 0.344 e. The predicted octanol–water partition coefficient (Wildman–Crippen LogP) is 4.86. The average Bonchev–Trinajstić information content (AvgIpc) is 3.27. The number of hydrogen-bond acceptors (Lipinski definition) is 3. The number of carbonyl (C=O) groups is 1. The number of benzene rings is 2. The summed E-state index contributed by atoms with van der Waals surface area (Å²) in [5, 5.41) is 13.4. The van der Waals surface area contributed by atoms with Gasteiger partial charge in [-0.15, -0.1) is 0 Å². The Kier molecular flexibility index (Phi) is 5.17. The molecular formula is C22H19ClN2O3. The molecule has 142 valence electrons. The second-order valence-electron chi connectivity index (χ2n) is 6.61. The molecule has 1 N–H and O–H groups in total. The number of halogens is 1. The Morgan fingerprint density at radius 1 is 1.11 bits per heavy atom. The van der Waals surface area contributed by atoms with Gasteiger partial charge in [0.1, 0.15) is 0 Å². The van der Waals surface area contributed by atoms with Gasteiger partial charge in [-0.3, -0.25) is 0 Å². The Bertz CT molecular complexity index is 1020. The molecule has 0 spiro atoms. The minimum atomic E-state index is -1.06. The molecule has 0 unspecified atom stereocenters. The van der Waals surface area contributed by atoms with Crippen LogP contribution in [0.2, 0.25) is 5.02 Å². The number of aromatic nitrogens is 1. The third-order valence-corrected chi connectivity index (χ3v) is 5.09. The van der Waals surface area contributed by atoms with Crippen molar-refractivity contribution in [2.75, 3.05) is 6.61 Å². The fraction of sp³-hybridized carbons (Fsp3) is 0.182. The van der Waals surface area contributed by atoms with E-state index in [4.69, 9.17) is 21.5 Å². The van der Waals surface area contributed by atoms with E-state index in [1.54, 1.807) is 6.21 Å². The van der Waals surface area contributed by atoms with E-state index in [0.717, 1.165) is 41.8 Å². The van der Waals surface area contributed by atoms with Gasteiger partial charge in [-0.1, -0.05) is 59.2 Å². The zero-order valence-corrected chi connectivity index (χ0v) is 15.9. The number of fused-ring (bicyclic) bond motifs is 1. The second-order valence-corrected chi connectivity index (χ2v) is 7.05. The molecule has 1 aromatic heterocycles. The van der Waals surface area contributed by atoms with E-state index >= 15 is 0 Å². The molecule has 0 amide bonds. The van der Waals surface area contributed by atoms with Crippen LogP contribution in [0.3, 0.4) is 0 Å². The van der Waals surface area contributed by atoms with Crippen molar-refractivity contribution in [3.05, 3.63) is 71.0 Å². The standard InChI is InChI=1S/C22H19ClN2O3/c23-17-10-8-16(9-11-17)22-19(13-24-28-14-20(26)27)25-12-4-7-18(25)21(22)15-5-2-1-3-6-15/h1-3,5-6,8-11,13H,4,7,12,14H2,(H,26,27)/b24-13+. The molecule has 0 bridgehead atoms. The summed E-state index contributed by atoms with van der Waals surface area (Å²) in [7, 11) is 0. The second kappa shape index (κ2) is 7.90. The van der Waals surface area contributed by atoms with E-state index in [-0.39, 0.29) is 0 Å². The van der Waals surface area contributed by atoms with Gasteiger partial charge >= 0.3 is 5.97 Å². The largest absolute Gasteiger partial charge is 0.479 e. The first-order valence-corrected chi connectivity index (χ1v) is 9.47. The van der Waals surface area contributed by atoms with E-state index in [1.807, 2.05) is 42.5 Å². The van der Waals surface area contributed by atoms with Crippen LogP contribution in [0.5, 0.6) is 0 Å². The maximum absolute atomic E-state index is 10.7. The van der Waals surface area contributed by atoms with Crippen LogP contribution in [-0.2, 0) is 22.6 Å². The fourth-order valence-electron chi connectivity index (χ4n) is 3.75. The normalized spacial score (nSPS) is 13.0. The Hall–Kier alpha value is -3.05. The number of carboxylic acid groups (broad SMARTS) is 1. The van der Waals surface area contributed by atoms with Crippen molar-refractivity contribution in [2.24, 2.45) is 5.16 Å². The van der Waals surface area contributed by atoms with Gasteiger partial charge < -0.3 is 14.5 Å². The summed E-state index contributed by atoms with van der Waals surface area (Å²) in [5.74, 6) is -1.06. The van der Waals surface area contributed by atoms with Crippen molar-refractivity contribution >= 4 is 23.8 Å². The van der Waals surface area contributed by atoms with Crippen LogP contribution >= 0.6 is 11.6 Å². The van der Waals surface area contributed by atoms with Gasteiger partial charge in [0.15, 0.2) is 0 Å². The highest BCUT2D eigenvalue weighted by Gasteiger charge is 2.26. The molecule has 0 radical (unpaired) electrons. The van der Waals surface area contributed by atoms with Crippen LogP contribution in [0.4, 0.5) is 0 Å². The molecule has 3 aromatic rings. The lowest BCUT2D eigenvalue weighted by molar-refractivity contribution is -0.142. The van der Waals surface area contributed by atoms with Gasteiger partial charge in [-0.2, -0.15) is 0 Å². The first kappa shape index (κ1) is 18.3. The van der Waals surface area contributed by atoms with Gasteiger partial charge in [-0.25, -0.2) is 4.79 Å². The van der Waals surface area contributed by atoms with Crippen molar-refractivity contribution in [3.8, 4) is 22.3 Å². The van der Waals surface area contributed by atoms with Crippen molar-refractivity contribution in [1.82, 2.24) is 4.57 Å². The monoisotopic (exact) mass is 394 g/mol. The predicted molar refractivity (Wildman–Crippen MR) is 110 cm³/mol. The van der Waals surface area contributed by atoms with E-state index in [0.29, 0.717) is 5.02 Å². The van der Waals surface area contributed by atoms with E-state index in [9.17, 15) is 4.79 Å². The van der Waals surface area contributed by atoms with Crippen LogP contribution in [-0.4, -0.2) is 28.5 Å². The fourth-order valence-corrected chi connectivity index (χ4v) is 3.87. The van der Waals surface area contributed by atoms with E-state index in [1.165, 1.54) is 11.3 Å². The molecule has 0 aliphatic carbocycles. The molecule has 1 aliphatic rings. The van der Waals surface area contributed by atoms with Crippen molar-refractivity contribution in [1.29, 1.82) is 0 Å². The number of oxime groups is 1. The minimum absolute atomic E-state index is 0.466. The van der Waals surface area contributed by atoms with Gasteiger partial charge in [0, 0.05) is 28.4 Å². The summed E-state index contributed by atoms with van der Waals surface area (Å²) in [4.78, 5) is 15.6. The Labute approximate surface area is 167 Å².